The van der Waals surface area contributed by atoms with Crippen LogP contribution in [0.5, 0.6) is 0 Å². The van der Waals surface area contributed by atoms with Crippen molar-refractivity contribution in [1.82, 2.24) is 4.98 Å². The Labute approximate surface area is 118 Å². The highest BCUT2D eigenvalue weighted by Gasteiger charge is 2.31. The van der Waals surface area contributed by atoms with Crippen LogP contribution in [0.4, 0.5) is 5.69 Å². The van der Waals surface area contributed by atoms with E-state index in [2.05, 4.69) is 16.4 Å². The number of benzene rings is 1. The lowest BCUT2D eigenvalue weighted by atomic mass is 10.0. The average molecular weight is 267 g/mol. The number of hydrogen-bond acceptors (Lipinski definition) is 4. The van der Waals surface area contributed by atoms with Gasteiger partial charge in [-0.05, 0) is 18.9 Å². The molecule has 0 unspecified atom stereocenters. The summed E-state index contributed by atoms with van der Waals surface area (Å²) in [5.41, 5.74) is 1.51. The Morgan fingerprint density at radius 3 is 2.80 bits per heavy atom. The van der Waals surface area contributed by atoms with Gasteiger partial charge in [-0.2, -0.15) is 5.26 Å². The number of para-hydroxylation sites is 1. The molecule has 4 heteroatoms. The van der Waals surface area contributed by atoms with Gasteiger partial charge >= 0.3 is 0 Å². The zero-order valence-electron chi connectivity index (χ0n) is 11.3. The molecule has 0 spiro atoms. The van der Waals surface area contributed by atoms with Crippen LogP contribution in [0.2, 0.25) is 0 Å². The minimum Gasteiger partial charge on any atom is -0.388 e. The van der Waals surface area contributed by atoms with E-state index in [1.54, 1.807) is 6.20 Å². The van der Waals surface area contributed by atoms with Crippen molar-refractivity contribution < 1.29 is 5.11 Å². The van der Waals surface area contributed by atoms with E-state index in [4.69, 9.17) is 0 Å². The number of nitriles is 1. The molecule has 1 aromatic heterocycles. The zero-order valence-corrected chi connectivity index (χ0v) is 11.3. The van der Waals surface area contributed by atoms with E-state index in [-0.39, 0.29) is 0 Å². The van der Waals surface area contributed by atoms with Gasteiger partial charge in [-0.3, -0.25) is 4.98 Å². The van der Waals surface area contributed by atoms with E-state index in [0.717, 1.165) is 42.3 Å². The molecule has 20 heavy (non-hydrogen) atoms. The minimum absolute atomic E-state index is 0.482. The summed E-state index contributed by atoms with van der Waals surface area (Å²) >= 11 is 0. The largest absolute Gasteiger partial charge is 0.388 e. The standard InChI is InChI=1S/C16H17N3O/c17-9-12-10-18-14-6-2-1-5-13(14)15(12)19-11-16(20)7-3-4-8-16/h1-2,5-6,10,20H,3-4,7-8,11H2,(H,18,19). The summed E-state index contributed by atoms with van der Waals surface area (Å²) in [6.45, 7) is 0.482. The molecule has 1 aliphatic carbocycles. The summed E-state index contributed by atoms with van der Waals surface area (Å²) in [4.78, 5) is 4.28. The summed E-state index contributed by atoms with van der Waals surface area (Å²) < 4.78 is 0. The third-order valence-corrected chi connectivity index (χ3v) is 4.02. The molecule has 4 nitrogen and oxygen atoms in total. The number of nitrogens with one attached hydrogen (secondary N) is 1. The first-order valence-electron chi connectivity index (χ1n) is 6.96. The summed E-state index contributed by atoms with van der Waals surface area (Å²) in [6.07, 6.45) is 5.37. The number of hydrogen-bond donors (Lipinski definition) is 2. The molecule has 0 atom stereocenters. The maximum Gasteiger partial charge on any atom is 0.103 e. The first kappa shape index (κ1) is 12.9. The van der Waals surface area contributed by atoms with Crippen molar-refractivity contribution in [3.05, 3.63) is 36.0 Å². The first-order valence-corrected chi connectivity index (χ1v) is 6.96. The fraction of sp³-hybridized carbons (Fsp3) is 0.375. The quantitative estimate of drug-likeness (QED) is 0.897. The van der Waals surface area contributed by atoms with Gasteiger partial charge in [0.25, 0.3) is 0 Å². The van der Waals surface area contributed by atoms with E-state index >= 15 is 0 Å². The molecule has 0 aliphatic heterocycles. The molecule has 3 rings (SSSR count). The SMILES string of the molecule is N#Cc1cnc2ccccc2c1NCC1(O)CCCC1. The fourth-order valence-electron chi connectivity index (χ4n) is 2.88. The second-order valence-corrected chi connectivity index (χ2v) is 5.46. The smallest absolute Gasteiger partial charge is 0.103 e. The second kappa shape index (κ2) is 5.10. The molecule has 1 fully saturated rings. The van der Waals surface area contributed by atoms with Crippen LogP contribution in [0, 0.1) is 11.3 Å². The Morgan fingerprint density at radius 2 is 2.05 bits per heavy atom. The van der Waals surface area contributed by atoms with Crippen molar-refractivity contribution in [3.8, 4) is 6.07 Å². The van der Waals surface area contributed by atoms with Gasteiger partial charge in [0.15, 0.2) is 0 Å². The van der Waals surface area contributed by atoms with Crippen molar-refractivity contribution in [3.63, 3.8) is 0 Å². The predicted molar refractivity (Wildman–Crippen MR) is 78.4 cm³/mol. The molecule has 1 heterocycles. The molecule has 1 saturated carbocycles. The van der Waals surface area contributed by atoms with E-state index in [1.165, 1.54) is 0 Å². The van der Waals surface area contributed by atoms with Crippen LogP contribution in [-0.4, -0.2) is 22.2 Å². The highest BCUT2D eigenvalue weighted by atomic mass is 16.3. The van der Waals surface area contributed by atoms with Crippen LogP contribution in [0.3, 0.4) is 0 Å². The van der Waals surface area contributed by atoms with Crippen molar-refractivity contribution in [2.45, 2.75) is 31.3 Å². The molecule has 1 aromatic carbocycles. The molecule has 2 N–H and O–H groups in total. The van der Waals surface area contributed by atoms with Gasteiger partial charge in [0, 0.05) is 18.1 Å². The van der Waals surface area contributed by atoms with Crippen LogP contribution in [0.15, 0.2) is 30.5 Å². The summed E-state index contributed by atoms with van der Waals surface area (Å²) in [7, 11) is 0. The Balaban J connectivity index is 1.95. The molecule has 0 amide bonds. The van der Waals surface area contributed by atoms with Crippen LogP contribution < -0.4 is 5.32 Å². The summed E-state index contributed by atoms with van der Waals surface area (Å²) in [5, 5.41) is 23.9. The van der Waals surface area contributed by atoms with Gasteiger partial charge in [-0.25, -0.2) is 0 Å². The number of rotatable bonds is 3. The van der Waals surface area contributed by atoms with Gasteiger partial charge in [0.05, 0.1) is 22.4 Å². The second-order valence-electron chi connectivity index (χ2n) is 5.46. The van der Waals surface area contributed by atoms with E-state index in [1.807, 2.05) is 24.3 Å². The van der Waals surface area contributed by atoms with Gasteiger partial charge in [-0.1, -0.05) is 31.0 Å². The Hall–Kier alpha value is -2.12. The molecule has 0 radical (unpaired) electrons. The number of aromatic nitrogens is 1. The Morgan fingerprint density at radius 1 is 1.30 bits per heavy atom. The Kier molecular flexibility index (Phi) is 3.29. The van der Waals surface area contributed by atoms with Crippen LogP contribution >= 0.6 is 0 Å². The molecular formula is C16H17N3O. The lowest BCUT2D eigenvalue weighted by molar-refractivity contribution is 0.0615. The number of fused-ring (bicyclic) bond motifs is 1. The molecule has 2 aromatic rings. The van der Waals surface area contributed by atoms with Gasteiger partial charge in [0.2, 0.25) is 0 Å². The lowest BCUT2D eigenvalue weighted by Gasteiger charge is -2.23. The fourth-order valence-corrected chi connectivity index (χ4v) is 2.88. The number of anilines is 1. The predicted octanol–water partition coefficient (Wildman–Crippen LogP) is 2.82. The van der Waals surface area contributed by atoms with E-state index in [0.29, 0.717) is 12.1 Å². The van der Waals surface area contributed by atoms with Crippen molar-refractivity contribution in [2.24, 2.45) is 0 Å². The summed E-state index contributed by atoms with van der Waals surface area (Å²) in [5.74, 6) is 0. The van der Waals surface area contributed by atoms with E-state index < -0.39 is 5.60 Å². The minimum atomic E-state index is -0.642. The van der Waals surface area contributed by atoms with Crippen molar-refractivity contribution >= 4 is 16.6 Å². The summed E-state index contributed by atoms with van der Waals surface area (Å²) in [6, 6.07) is 9.90. The number of aliphatic hydroxyl groups is 1. The molecule has 102 valence electrons. The third-order valence-electron chi connectivity index (χ3n) is 4.02. The highest BCUT2D eigenvalue weighted by Crippen LogP contribution is 2.31. The third kappa shape index (κ3) is 2.33. The van der Waals surface area contributed by atoms with E-state index in [9.17, 15) is 10.4 Å². The normalized spacial score (nSPS) is 17.0. The molecule has 0 bridgehead atoms. The Bertz CT molecular complexity index is 669. The van der Waals surface area contributed by atoms with Gasteiger partial charge < -0.3 is 10.4 Å². The van der Waals surface area contributed by atoms with Gasteiger partial charge in [-0.15, -0.1) is 0 Å². The molecule has 1 aliphatic rings. The van der Waals surface area contributed by atoms with Crippen molar-refractivity contribution in [1.29, 1.82) is 5.26 Å². The average Bonchev–Trinajstić information content (AvgIpc) is 2.91. The monoisotopic (exact) mass is 267 g/mol. The number of nitrogens with zero attached hydrogens (tertiary/aromatic N) is 2. The maximum absolute atomic E-state index is 10.4. The van der Waals surface area contributed by atoms with Crippen LogP contribution in [-0.2, 0) is 0 Å². The number of pyridine rings is 1. The van der Waals surface area contributed by atoms with Crippen molar-refractivity contribution in [2.75, 3.05) is 11.9 Å². The first-order chi connectivity index (χ1) is 9.72. The van der Waals surface area contributed by atoms with Gasteiger partial charge in [0.1, 0.15) is 6.07 Å². The molecule has 0 saturated heterocycles. The topological polar surface area (TPSA) is 68.9 Å². The lowest BCUT2D eigenvalue weighted by Crippen LogP contribution is -2.33. The highest BCUT2D eigenvalue weighted by molar-refractivity contribution is 5.93. The zero-order chi connectivity index (χ0) is 14.0. The molecular weight excluding hydrogens is 250 g/mol. The van der Waals surface area contributed by atoms with Crippen LogP contribution in [0.25, 0.3) is 10.9 Å². The van der Waals surface area contributed by atoms with Crippen LogP contribution in [0.1, 0.15) is 31.2 Å². The maximum atomic E-state index is 10.4.